The molecule has 0 saturated heterocycles. The molecule has 6 nitrogen and oxygen atoms in total. The first-order valence-electron chi connectivity index (χ1n) is 10.1. The van der Waals surface area contributed by atoms with Crippen LogP contribution in [0.15, 0.2) is 59.4 Å². The summed E-state index contributed by atoms with van der Waals surface area (Å²) >= 11 is 0. The number of nitrogens with zero attached hydrogens (tertiary/aromatic N) is 2. The van der Waals surface area contributed by atoms with Crippen LogP contribution in [0.25, 0.3) is 5.69 Å². The zero-order valence-corrected chi connectivity index (χ0v) is 17.8. The highest BCUT2D eigenvalue weighted by molar-refractivity contribution is 5.80. The van der Waals surface area contributed by atoms with Crippen molar-refractivity contribution in [3.05, 3.63) is 87.2 Å². The zero-order chi connectivity index (χ0) is 21.7. The van der Waals surface area contributed by atoms with Gasteiger partial charge in [0.15, 0.2) is 6.10 Å². The Morgan fingerprint density at radius 3 is 2.40 bits per heavy atom. The van der Waals surface area contributed by atoms with E-state index in [1.165, 1.54) is 22.4 Å². The maximum absolute atomic E-state index is 12.4. The largest absolute Gasteiger partial charge is 0.464 e. The summed E-state index contributed by atoms with van der Waals surface area (Å²) in [6, 6.07) is 16.7. The van der Waals surface area contributed by atoms with E-state index in [0.29, 0.717) is 12.2 Å². The molecule has 1 N–H and O–H groups in total. The van der Waals surface area contributed by atoms with Crippen LogP contribution in [0.5, 0.6) is 5.88 Å². The molecule has 1 atom stereocenters. The molecule has 0 aliphatic carbocycles. The van der Waals surface area contributed by atoms with E-state index in [4.69, 9.17) is 4.74 Å². The highest BCUT2D eigenvalue weighted by Crippen LogP contribution is 2.14. The van der Waals surface area contributed by atoms with Crippen molar-refractivity contribution >= 4 is 5.91 Å². The van der Waals surface area contributed by atoms with Gasteiger partial charge in [-0.2, -0.15) is 4.68 Å². The Hall–Kier alpha value is -3.41. The number of amides is 1. The van der Waals surface area contributed by atoms with Crippen molar-refractivity contribution in [3.8, 4) is 11.6 Å². The Labute approximate surface area is 176 Å². The number of ether oxygens (including phenoxy) is 1. The molecule has 3 aromatic rings. The van der Waals surface area contributed by atoms with Crippen LogP contribution in [-0.4, -0.2) is 21.8 Å². The Bertz CT molecular complexity index is 1090. The molecule has 0 bridgehead atoms. The van der Waals surface area contributed by atoms with Gasteiger partial charge in [-0.15, -0.1) is 5.10 Å². The maximum Gasteiger partial charge on any atom is 0.271 e. The molecule has 2 aromatic carbocycles. The molecule has 3 rings (SSSR count). The van der Waals surface area contributed by atoms with Crippen molar-refractivity contribution in [2.75, 3.05) is 0 Å². The molecule has 6 heteroatoms. The van der Waals surface area contributed by atoms with E-state index >= 15 is 0 Å². The fraction of sp³-hybridized carbons (Fsp3) is 0.292. The summed E-state index contributed by atoms with van der Waals surface area (Å²) in [6.07, 6.45) is 0.229. The lowest BCUT2D eigenvalue weighted by molar-refractivity contribution is -0.127. The fourth-order valence-corrected chi connectivity index (χ4v) is 2.96. The quantitative estimate of drug-likeness (QED) is 0.653. The predicted octanol–water partition coefficient (Wildman–Crippen LogP) is 3.50. The Kier molecular flexibility index (Phi) is 6.67. The van der Waals surface area contributed by atoms with Crippen molar-refractivity contribution in [1.82, 2.24) is 15.1 Å². The molecule has 0 unspecified atom stereocenters. The molecule has 0 saturated carbocycles. The number of carbonyl (C=O) groups is 1. The summed E-state index contributed by atoms with van der Waals surface area (Å²) in [7, 11) is 0. The zero-order valence-electron chi connectivity index (χ0n) is 17.8. The average Bonchev–Trinajstić information content (AvgIpc) is 2.75. The molecule has 156 valence electrons. The van der Waals surface area contributed by atoms with E-state index in [-0.39, 0.29) is 17.3 Å². The molecule has 0 aliphatic rings. The van der Waals surface area contributed by atoms with Gasteiger partial charge in [-0.1, -0.05) is 37.3 Å². The monoisotopic (exact) mass is 405 g/mol. The first kappa shape index (κ1) is 21.3. The third-order valence-corrected chi connectivity index (χ3v) is 5.08. The van der Waals surface area contributed by atoms with Crippen molar-refractivity contribution < 1.29 is 9.53 Å². The van der Waals surface area contributed by atoms with Gasteiger partial charge in [0.25, 0.3) is 11.5 Å². The van der Waals surface area contributed by atoms with Crippen molar-refractivity contribution in [3.63, 3.8) is 0 Å². The summed E-state index contributed by atoms with van der Waals surface area (Å²) < 4.78 is 6.97. The van der Waals surface area contributed by atoms with Gasteiger partial charge in [0.2, 0.25) is 5.88 Å². The lowest BCUT2D eigenvalue weighted by Crippen LogP contribution is -2.36. The number of carbonyl (C=O) groups excluding carboxylic acids is 1. The third-order valence-electron chi connectivity index (χ3n) is 5.08. The van der Waals surface area contributed by atoms with Gasteiger partial charge in [-0.05, 0) is 61.6 Å². The van der Waals surface area contributed by atoms with Crippen LogP contribution in [0.2, 0.25) is 0 Å². The molecule has 1 amide bonds. The summed E-state index contributed by atoms with van der Waals surface area (Å²) in [5.41, 5.74) is 4.86. The maximum atomic E-state index is 12.4. The van der Waals surface area contributed by atoms with Crippen molar-refractivity contribution in [2.45, 2.75) is 46.8 Å². The second kappa shape index (κ2) is 9.39. The van der Waals surface area contributed by atoms with Gasteiger partial charge in [-0.3, -0.25) is 9.59 Å². The third kappa shape index (κ3) is 5.14. The Morgan fingerprint density at radius 2 is 1.73 bits per heavy atom. The van der Waals surface area contributed by atoms with E-state index < -0.39 is 6.10 Å². The molecule has 1 aromatic heterocycles. The molecular weight excluding hydrogens is 378 g/mol. The van der Waals surface area contributed by atoms with E-state index in [1.54, 1.807) is 6.92 Å². The number of nitrogens with one attached hydrogen (secondary N) is 1. The molecule has 1 heterocycles. The number of aromatic nitrogens is 2. The van der Waals surface area contributed by atoms with Crippen LogP contribution in [-0.2, 0) is 17.8 Å². The normalized spacial score (nSPS) is 11.7. The van der Waals surface area contributed by atoms with Crippen molar-refractivity contribution in [2.24, 2.45) is 0 Å². The van der Waals surface area contributed by atoms with Gasteiger partial charge in [0, 0.05) is 18.7 Å². The van der Waals surface area contributed by atoms with Gasteiger partial charge in [0.1, 0.15) is 0 Å². The van der Waals surface area contributed by atoms with Crippen LogP contribution < -0.4 is 15.6 Å². The number of hydrogen-bond acceptors (Lipinski definition) is 4. The lowest BCUT2D eigenvalue weighted by Gasteiger charge is -2.15. The Balaban J connectivity index is 1.66. The van der Waals surface area contributed by atoms with Gasteiger partial charge in [0.05, 0.1) is 5.69 Å². The summed E-state index contributed by atoms with van der Waals surface area (Å²) in [5, 5.41) is 7.14. The Morgan fingerprint density at radius 1 is 1.03 bits per heavy atom. The summed E-state index contributed by atoms with van der Waals surface area (Å²) in [5.74, 6) is -0.0388. The van der Waals surface area contributed by atoms with Gasteiger partial charge >= 0.3 is 0 Å². The van der Waals surface area contributed by atoms with Gasteiger partial charge in [-0.25, -0.2) is 0 Å². The van der Waals surface area contributed by atoms with Crippen LogP contribution in [0.4, 0.5) is 0 Å². The summed E-state index contributed by atoms with van der Waals surface area (Å²) in [4.78, 5) is 24.7. The fourth-order valence-electron chi connectivity index (χ4n) is 2.96. The van der Waals surface area contributed by atoms with E-state index in [9.17, 15) is 9.59 Å². The smallest absolute Gasteiger partial charge is 0.271 e. The highest BCUT2D eigenvalue weighted by Gasteiger charge is 2.16. The van der Waals surface area contributed by atoms with Crippen LogP contribution in [0.3, 0.4) is 0 Å². The minimum absolute atomic E-state index is 0.211. The molecule has 0 radical (unpaired) electrons. The van der Waals surface area contributed by atoms with Crippen LogP contribution in [0, 0.1) is 13.8 Å². The molecule has 30 heavy (non-hydrogen) atoms. The SMILES string of the molecule is CCc1ccc(CNC(=O)[C@H](C)Oc2ccc(=O)n(-c3ccc(C)c(C)c3)n2)cc1. The van der Waals surface area contributed by atoms with E-state index in [1.807, 2.05) is 44.2 Å². The number of aryl methyl sites for hydroxylation is 3. The number of benzene rings is 2. The van der Waals surface area contributed by atoms with E-state index in [0.717, 1.165) is 23.1 Å². The molecule has 0 aliphatic heterocycles. The van der Waals surface area contributed by atoms with E-state index in [2.05, 4.69) is 29.5 Å². The topological polar surface area (TPSA) is 73.2 Å². The summed E-state index contributed by atoms with van der Waals surface area (Å²) in [6.45, 7) is 8.17. The lowest BCUT2D eigenvalue weighted by atomic mass is 10.1. The first-order chi connectivity index (χ1) is 14.4. The molecule has 0 spiro atoms. The standard InChI is InChI=1S/C24H27N3O3/c1-5-19-7-9-20(10-8-19)15-25-24(29)18(4)30-22-12-13-23(28)27(26-22)21-11-6-16(2)17(3)14-21/h6-14,18H,5,15H2,1-4H3,(H,25,29)/t18-/m0/s1. The predicted molar refractivity (Wildman–Crippen MR) is 117 cm³/mol. The van der Waals surface area contributed by atoms with Crippen molar-refractivity contribution in [1.29, 1.82) is 0 Å². The second-order valence-corrected chi connectivity index (χ2v) is 7.34. The van der Waals surface area contributed by atoms with Crippen LogP contribution in [0.1, 0.15) is 36.1 Å². The first-order valence-corrected chi connectivity index (χ1v) is 10.1. The highest BCUT2D eigenvalue weighted by atomic mass is 16.5. The number of hydrogen-bond donors (Lipinski definition) is 1. The molecule has 0 fully saturated rings. The second-order valence-electron chi connectivity index (χ2n) is 7.34. The van der Waals surface area contributed by atoms with Gasteiger partial charge < -0.3 is 10.1 Å². The number of rotatable bonds is 7. The van der Waals surface area contributed by atoms with Crippen LogP contribution >= 0.6 is 0 Å². The minimum atomic E-state index is -0.752. The molecular formula is C24H27N3O3. The average molecular weight is 405 g/mol. The minimum Gasteiger partial charge on any atom is -0.464 e.